The minimum absolute atomic E-state index is 0.0740. The number of hydrogen-bond acceptors (Lipinski definition) is 6. The van der Waals surface area contributed by atoms with E-state index in [0.29, 0.717) is 35.5 Å². The number of benzene rings is 3. The van der Waals surface area contributed by atoms with E-state index < -0.39 is 11.9 Å². The van der Waals surface area contributed by atoms with E-state index in [4.69, 9.17) is 9.47 Å². The molecule has 202 valence electrons. The maximum atomic E-state index is 14.0. The quantitative estimate of drug-likeness (QED) is 0.336. The molecule has 2 amide bonds. The smallest absolute Gasteiger partial charge is 0.247 e. The van der Waals surface area contributed by atoms with Gasteiger partial charge in [-0.15, -0.1) is 5.10 Å². The first-order chi connectivity index (χ1) is 19.0. The Hall–Kier alpha value is -4.31. The fourth-order valence-corrected chi connectivity index (χ4v) is 4.74. The van der Waals surface area contributed by atoms with Gasteiger partial charge in [-0.25, -0.2) is 9.07 Å². The molecule has 2 heterocycles. The van der Waals surface area contributed by atoms with Crippen LogP contribution in [-0.4, -0.2) is 58.1 Å². The van der Waals surface area contributed by atoms with Gasteiger partial charge in [0.25, 0.3) is 0 Å². The summed E-state index contributed by atoms with van der Waals surface area (Å²) in [5.41, 5.74) is 2.66. The molecule has 1 aromatic heterocycles. The van der Waals surface area contributed by atoms with Crippen molar-refractivity contribution in [3.05, 3.63) is 89.7 Å². The fraction of sp³-hybridized carbons (Fsp3) is 0.310. The summed E-state index contributed by atoms with van der Waals surface area (Å²) >= 11 is 0. The van der Waals surface area contributed by atoms with Gasteiger partial charge in [-0.1, -0.05) is 41.6 Å². The molecule has 1 N–H and O–H groups in total. The van der Waals surface area contributed by atoms with Crippen molar-refractivity contribution in [3.8, 4) is 5.75 Å². The molecule has 0 saturated carbocycles. The van der Waals surface area contributed by atoms with E-state index in [1.807, 2.05) is 36.4 Å². The molecule has 0 radical (unpaired) electrons. The number of nitrogens with one attached hydrogen (secondary N) is 1. The van der Waals surface area contributed by atoms with E-state index in [9.17, 15) is 14.0 Å². The average Bonchev–Trinajstić information content (AvgIpc) is 3.63. The van der Waals surface area contributed by atoms with Crippen molar-refractivity contribution in [2.24, 2.45) is 0 Å². The number of nitrogens with zero attached hydrogens (tertiary/aromatic N) is 4. The van der Waals surface area contributed by atoms with E-state index >= 15 is 0 Å². The Bertz CT molecular complexity index is 1420. The van der Waals surface area contributed by atoms with Crippen molar-refractivity contribution < 1.29 is 23.5 Å². The zero-order chi connectivity index (χ0) is 27.2. The summed E-state index contributed by atoms with van der Waals surface area (Å²) in [6.45, 7) is 0.989. The minimum Gasteiger partial charge on any atom is -0.497 e. The molecule has 0 unspecified atom stereocenters. The standard InChI is InChI=1S/C29H30FN5O4/c1-38-23-14-8-20(9-15-23)18-34(27(36)19-35-26-7-3-2-6-25(26)32-33-35)28(21-10-12-22(30)13-11-21)29(37)31-17-24-5-4-16-39-24/h2-3,6-15,24,28H,4-5,16-19H2,1H3,(H,31,37)/t24-,28+/m1/s1. The molecule has 9 nitrogen and oxygen atoms in total. The SMILES string of the molecule is COc1ccc(CN(C(=O)Cn2nnc3ccccc32)[C@H](C(=O)NC[C@H]2CCCO2)c2ccc(F)cc2)cc1. The molecule has 39 heavy (non-hydrogen) atoms. The van der Waals surface area contributed by atoms with Crippen LogP contribution in [0.2, 0.25) is 0 Å². The van der Waals surface area contributed by atoms with Gasteiger partial charge in [0.05, 0.1) is 18.7 Å². The fourth-order valence-electron chi connectivity index (χ4n) is 4.74. The van der Waals surface area contributed by atoms with Gasteiger partial charge in [-0.05, 0) is 60.4 Å². The monoisotopic (exact) mass is 531 g/mol. The van der Waals surface area contributed by atoms with Gasteiger partial charge in [-0.3, -0.25) is 9.59 Å². The summed E-state index contributed by atoms with van der Waals surface area (Å²) in [5.74, 6) is -0.472. The molecule has 10 heteroatoms. The number of amides is 2. The van der Waals surface area contributed by atoms with Gasteiger partial charge in [0, 0.05) is 19.7 Å². The molecule has 2 atom stereocenters. The maximum Gasteiger partial charge on any atom is 0.247 e. The zero-order valence-corrected chi connectivity index (χ0v) is 21.6. The molecular weight excluding hydrogens is 501 g/mol. The molecule has 3 aromatic carbocycles. The van der Waals surface area contributed by atoms with Crippen molar-refractivity contribution in [3.63, 3.8) is 0 Å². The third-order valence-corrected chi connectivity index (χ3v) is 6.81. The van der Waals surface area contributed by atoms with Crippen LogP contribution in [-0.2, 0) is 27.4 Å². The predicted molar refractivity (Wildman–Crippen MR) is 142 cm³/mol. The summed E-state index contributed by atoms with van der Waals surface area (Å²) in [6.07, 6.45) is 1.72. The molecule has 1 aliphatic heterocycles. The predicted octanol–water partition coefficient (Wildman–Crippen LogP) is 3.64. The number of ether oxygens (including phenoxy) is 2. The summed E-state index contributed by atoms with van der Waals surface area (Å²) in [7, 11) is 1.58. The third-order valence-electron chi connectivity index (χ3n) is 6.81. The summed E-state index contributed by atoms with van der Waals surface area (Å²) in [6, 6.07) is 19.3. The summed E-state index contributed by atoms with van der Waals surface area (Å²) < 4.78 is 26.3. The van der Waals surface area contributed by atoms with E-state index in [1.165, 1.54) is 33.8 Å². The second-order valence-electron chi connectivity index (χ2n) is 9.44. The third kappa shape index (κ3) is 6.23. The van der Waals surface area contributed by atoms with Gasteiger partial charge in [0.2, 0.25) is 11.8 Å². The first kappa shape index (κ1) is 26.3. The van der Waals surface area contributed by atoms with Crippen molar-refractivity contribution in [1.29, 1.82) is 0 Å². The van der Waals surface area contributed by atoms with Gasteiger partial charge in [0.1, 0.15) is 29.7 Å². The van der Waals surface area contributed by atoms with E-state index in [0.717, 1.165) is 18.4 Å². The topological polar surface area (TPSA) is 98.6 Å². The van der Waals surface area contributed by atoms with E-state index in [2.05, 4.69) is 15.6 Å². The summed E-state index contributed by atoms with van der Waals surface area (Å²) in [4.78, 5) is 29.2. The molecule has 1 saturated heterocycles. The number of rotatable bonds is 10. The van der Waals surface area contributed by atoms with Crippen LogP contribution in [0.5, 0.6) is 5.75 Å². The molecule has 4 aromatic rings. The second-order valence-corrected chi connectivity index (χ2v) is 9.44. The van der Waals surface area contributed by atoms with Gasteiger partial charge in [-0.2, -0.15) is 0 Å². The molecular formula is C29H30FN5O4. The van der Waals surface area contributed by atoms with E-state index in [-0.39, 0.29) is 31.0 Å². The Kier molecular flexibility index (Phi) is 8.12. The van der Waals surface area contributed by atoms with Crippen molar-refractivity contribution in [2.45, 2.75) is 38.1 Å². The van der Waals surface area contributed by atoms with Crippen LogP contribution in [0.1, 0.15) is 30.0 Å². The molecule has 1 fully saturated rings. The van der Waals surface area contributed by atoms with Crippen molar-refractivity contribution >= 4 is 22.8 Å². The van der Waals surface area contributed by atoms with E-state index in [1.54, 1.807) is 19.2 Å². The van der Waals surface area contributed by atoms with Crippen LogP contribution in [0.25, 0.3) is 11.0 Å². The highest BCUT2D eigenvalue weighted by Gasteiger charge is 2.33. The lowest BCUT2D eigenvalue weighted by atomic mass is 10.0. The number of halogens is 1. The van der Waals surface area contributed by atoms with Crippen molar-refractivity contribution in [2.75, 3.05) is 20.3 Å². The zero-order valence-electron chi connectivity index (χ0n) is 21.6. The number of methoxy groups -OCH3 is 1. The van der Waals surface area contributed by atoms with Crippen LogP contribution >= 0.6 is 0 Å². The highest BCUT2D eigenvalue weighted by atomic mass is 19.1. The van der Waals surface area contributed by atoms with Gasteiger partial charge >= 0.3 is 0 Å². The molecule has 5 rings (SSSR count). The molecule has 0 spiro atoms. The van der Waals surface area contributed by atoms with Crippen LogP contribution < -0.4 is 10.1 Å². The number of carbonyl (C=O) groups excluding carboxylic acids is 2. The first-order valence-electron chi connectivity index (χ1n) is 12.9. The lowest BCUT2D eigenvalue weighted by Crippen LogP contribution is -2.46. The Morgan fingerprint density at radius 2 is 1.90 bits per heavy atom. The normalized spacial score (nSPS) is 15.7. The lowest BCUT2D eigenvalue weighted by molar-refractivity contribution is -0.142. The Balaban J connectivity index is 1.49. The number of hydrogen-bond donors (Lipinski definition) is 1. The second kappa shape index (κ2) is 12.0. The highest BCUT2D eigenvalue weighted by Crippen LogP contribution is 2.26. The number of aromatic nitrogens is 3. The van der Waals surface area contributed by atoms with Gasteiger partial charge in [0.15, 0.2) is 0 Å². The van der Waals surface area contributed by atoms with Crippen LogP contribution in [0.4, 0.5) is 4.39 Å². The highest BCUT2D eigenvalue weighted by molar-refractivity contribution is 5.89. The lowest BCUT2D eigenvalue weighted by Gasteiger charge is -2.32. The Morgan fingerprint density at radius 3 is 2.62 bits per heavy atom. The maximum absolute atomic E-state index is 14.0. The Labute approximate surface area is 225 Å². The van der Waals surface area contributed by atoms with Crippen LogP contribution in [0.3, 0.4) is 0 Å². The molecule has 1 aliphatic rings. The first-order valence-corrected chi connectivity index (χ1v) is 12.9. The Morgan fingerprint density at radius 1 is 1.13 bits per heavy atom. The van der Waals surface area contributed by atoms with Gasteiger partial charge < -0.3 is 19.7 Å². The largest absolute Gasteiger partial charge is 0.497 e. The number of fused-ring (bicyclic) bond motifs is 1. The van der Waals surface area contributed by atoms with Crippen molar-refractivity contribution in [1.82, 2.24) is 25.2 Å². The number of carbonyl (C=O) groups is 2. The summed E-state index contributed by atoms with van der Waals surface area (Å²) in [5, 5.41) is 11.3. The molecule has 0 bridgehead atoms. The average molecular weight is 532 g/mol. The molecule has 0 aliphatic carbocycles. The minimum atomic E-state index is -1.02. The number of para-hydroxylation sites is 1. The van der Waals surface area contributed by atoms with Crippen LogP contribution in [0.15, 0.2) is 72.8 Å². The van der Waals surface area contributed by atoms with Crippen LogP contribution in [0, 0.1) is 5.82 Å².